The second kappa shape index (κ2) is 11.2. The Labute approximate surface area is 205 Å². The zero-order chi connectivity index (χ0) is 24.0. The average Bonchev–Trinajstić information content (AvgIpc) is 2.90. The van der Waals surface area contributed by atoms with Crippen LogP contribution < -0.4 is 9.47 Å². The van der Waals surface area contributed by atoms with Gasteiger partial charge in [0.25, 0.3) is 0 Å². The fraction of sp³-hybridized carbons (Fsp3) is 0.357. The normalized spacial score (nSPS) is 26.4. The van der Waals surface area contributed by atoms with Crippen molar-refractivity contribution in [3.8, 4) is 11.5 Å². The first-order chi connectivity index (χ1) is 17.2. The van der Waals surface area contributed by atoms with E-state index in [1.54, 1.807) is 7.11 Å². The van der Waals surface area contributed by atoms with Crippen molar-refractivity contribution >= 4 is 0 Å². The molecule has 1 saturated heterocycles. The van der Waals surface area contributed by atoms with Gasteiger partial charge < -0.3 is 33.5 Å². The Balaban J connectivity index is 1.42. The van der Waals surface area contributed by atoms with Crippen molar-refractivity contribution in [2.45, 2.75) is 50.5 Å². The van der Waals surface area contributed by atoms with Gasteiger partial charge in [0.2, 0.25) is 6.29 Å². The molecule has 3 aromatic rings. The monoisotopic (exact) mass is 478 g/mol. The molecule has 2 heterocycles. The van der Waals surface area contributed by atoms with E-state index in [1.807, 2.05) is 78.9 Å². The van der Waals surface area contributed by atoms with E-state index in [1.165, 1.54) is 0 Å². The van der Waals surface area contributed by atoms with Crippen molar-refractivity contribution in [1.29, 1.82) is 0 Å². The molecule has 0 amide bonds. The highest BCUT2D eigenvalue weighted by Crippen LogP contribution is 2.31. The molecule has 1 fully saturated rings. The first-order valence-corrected chi connectivity index (χ1v) is 11.8. The highest BCUT2D eigenvalue weighted by Gasteiger charge is 2.48. The van der Waals surface area contributed by atoms with Crippen molar-refractivity contribution in [3.63, 3.8) is 0 Å². The Morgan fingerprint density at radius 3 is 2.29 bits per heavy atom. The van der Waals surface area contributed by atoms with E-state index in [-0.39, 0.29) is 6.61 Å². The van der Waals surface area contributed by atoms with Crippen LogP contribution in [0.1, 0.15) is 16.7 Å². The topological polar surface area (TPSA) is 75.6 Å². The van der Waals surface area contributed by atoms with Crippen LogP contribution in [-0.2, 0) is 38.8 Å². The van der Waals surface area contributed by atoms with Gasteiger partial charge in [0.1, 0.15) is 35.9 Å². The van der Waals surface area contributed by atoms with Crippen LogP contribution in [0.25, 0.3) is 0 Å². The molecule has 2 aliphatic heterocycles. The largest absolute Gasteiger partial charge is 0.497 e. The summed E-state index contributed by atoms with van der Waals surface area (Å²) in [5.41, 5.74) is 3.06. The summed E-state index contributed by atoms with van der Waals surface area (Å²) in [4.78, 5) is 0. The molecule has 184 valence electrons. The summed E-state index contributed by atoms with van der Waals surface area (Å²) < 4.78 is 36.3. The first-order valence-electron chi connectivity index (χ1n) is 11.8. The van der Waals surface area contributed by atoms with Crippen molar-refractivity contribution in [2.24, 2.45) is 0 Å². The summed E-state index contributed by atoms with van der Waals surface area (Å²) in [7, 11) is 1.61. The van der Waals surface area contributed by atoms with E-state index >= 15 is 0 Å². The van der Waals surface area contributed by atoms with Gasteiger partial charge in [-0.1, -0.05) is 54.6 Å². The molecule has 2 bridgehead atoms. The van der Waals surface area contributed by atoms with Crippen LogP contribution >= 0.6 is 0 Å². The molecule has 7 nitrogen and oxygen atoms in total. The Morgan fingerprint density at radius 2 is 1.54 bits per heavy atom. The molecule has 5 rings (SSSR count). The first kappa shape index (κ1) is 23.8. The molecule has 0 saturated carbocycles. The summed E-state index contributed by atoms with van der Waals surface area (Å²) in [6.07, 6.45) is -3.77. The number of aliphatic hydroxyl groups is 1. The highest BCUT2D eigenvalue weighted by atomic mass is 16.7. The SMILES string of the molecule is COc1ccc(O[C@@H]2O[C@@H]3COCc4ccccc4CO[C@@H]([C@@H]3O)[C@H]2OCc2ccccc2)cc1. The molecule has 7 heteroatoms. The second-order valence-corrected chi connectivity index (χ2v) is 8.65. The summed E-state index contributed by atoms with van der Waals surface area (Å²) in [5, 5.41) is 11.2. The maximum Gasteiger partial charge on any atom is 0.229 e. The Kier molecular flexibility index (Phi) is 7.61. The Hall–Kier alpha value is -2.94. The minimum absolute atomic E-state index is 0.198. The number of fused-ring (bicyclic) bond motifs is 3. The fourth-order valence-electron chi connectivity index (χ4n) is 4.36. The van der Waals surface area contributed by atoms with E-state index in [9.17, 15) is 5.11 Å². The summed E-state index contributed by atoms with van der Waals surface area (Å²) in [6.45, 7) is 1.24. The molecular weight excluding hydrogens is 448 g/mol. The zero-order valence-corrected chi connectivity index (χ0v) is 19.6. The second-order valence-electron chi connectivity index (χ2n) is 8.65. The molecule has 0 spiro atoms. The van der Waals surface area contributed by atoms with Crippen LogP contribution in [0.4, 0.5) is 0 Å². The van der Waals surface area contributed by atoms with Crippen molar-refractivity contribution in [2.75, 3.05) is 13.7 Å². The maximum atomic E-state index is 11.2. The van der Waals surface area contributed by atoms with E-state index in [4.69, 9.17) is 28.4 Å². The standard InChI is InChI=1S/C28H30O7/c1-30-22-11-13-23(14-12-22)34-28-27(32-15-19-7-3-2-4-8-19)26-25(29)24(35-28)18-31-16-20-9-5-6-10-21(20)17-33-26/h2-14,24-29H,15-18H2,1H3/t24-,25-,26+,27-,28-/m1/s1. The smallest absolute Gasteiger partial charge is 0.229 e. The molecule has 0 aliphatic carbocycles. The minimum Gasteiger partial charge on any atom is -0.497 e. The van der Waals surface area contributed by atoms with Gasteiger partial charge in [-0.15, -0.1) is 0 Å². The van der Waals surface area contributed by atoms with Gasteiger partial charge >= 0.3 is 0 Å². The van der Waals surface area contributed by atoms with Crippen LogP contribution in [0.2, 0.25) is 0 Å². The van der Waals surface area contributed by atoms with E-state index in [0.717, 1.165) is 22.4 Å². The number of methoxy groups -OCH3 is 1. The molecule has 3 aromatic carbocycles. The van der Waals surface area contributed by atoms with Crippen molar-refractivity contribution in [3.05, 3.63) is 95.6 Å². The molecule has 35 heavy (non-hydrogen) atoms. The molecule has 0 radical (unpaired) electrons. The molecular formula is C28H30O7. The van der Waals surface area contributed by atoms with Crippen LogP contribution in [-0.4, -0.2) is 49.5 Å². The number of hydrogen-bond donors (Lipinski definition) is 1. The van der Waals surface area contributed by atoms with Gasteiger partial charge in [-0.2, -0.15) is 0 Å². The number of ether oxygens (including phenoxy) is 6. The molecule has 0 unspecified atom stereocenters. The lowest BCUT2D eigenvalue weighted by Gasteiger charge is -2.44. The zero-order valence-electron chi connectivity index (χ0n) is 19.6. The predicted molar refractivity (Wildman–Crippen MR) is 128 cm³/mol. The van der Waals surface area contributed by atoms with Gasteiger partial charge in [0.15, 0.2) is 0 Å². The van der Waals surface area contributed by atoms with Crippen LogP contribution in [0, 0.1) is 0 Å². The molecule has 0 aromatic heterocycles. The summed E-state index contributed by atoms with van der Waals surface area (Å²) in [6, 6.07) is 25.1. The molecule has 2 aliphatic rings. The maximum absolute atomic E-state index is 11.2. The van der Waals surface area contributed by atoms with Crippen molar-refractivity contribution in [1.82, 2.24) is 0 Å². The summed E-state index contributed by atoms with van der Waals surface area (Å²) >= 11 is 0. The summed E-state index contributed by atoms with van der Waals surface area (Å²) in [5.74, 6) is 1.32. The lowest BCUT2D eigenvalue weighted by Crippen LogP contribution is -2.62. The van der Waals surface area contributed by atoms with E-state index in [2.05, 4.69) is 0 Å². The van der Waals surface area contributed by atoms with Gasteiger partial charge in [-0.3, -0.25) is 0 Å². The predicted octanol–water partition coefficient (Wildman–Crippen LogP) is 3.86. The highest BCUT2D eigenvalue weighted by molar-refractivity contribution is 5.31. The third-order valence-electron chi connectivity index (χ3n) is 6.30. The Morgan fingerprint density at radius 1 is 0.857 bits per heavy atom. The van der Waals surface area contributed by atoms with E-state index in [0.29, 0.717) is 25.6 Å². The lowest BCUT2D eigenvalue weighted by atomic mass is 9.97. The van der Waals surface area contributed by atoms with Gasteiger partial charge in [0, 0.05) is 0 Å². The van der Waals surface area contributed by atoms with Gasteiger partial charge in [0.05, 0.1) is 33.5 Å². The lowest BCUT2D eigenvalue weighted by molar-refractivity contribution is -0.302. The quantitative estimate of drug-likeness (QED) is 0.577. The number of benzene rings is 3. The van der Waals surface area contributed by atoms with Gasteiger partial charge in [-0.05, 0) is 41.0 Å². The van der Waals surface area contributed by atoms with Crippen molar-refractivity contribution < 1.29 is 33.5 Å². The number of hydrogen-bond acceptors (Lipinski definition) is 7. The third-order valence-corrected chi connectivity index (χ3v) is 6.30. The number of aliphatic hydroxyl groups excluding tert-OH is 1. The van der Waals surface area contributed by atoms with Crippen LogP contribution in [0.5, 0.6) is 11.5 Å². The minimum atomic E-state index is -0.947. The van der Waals surface area contributed by atoms with Gasteiger partial charge in [-0.25, -0.2) is 0 Å². The van der Waals surface area contributed by atoms with Crippen LogP contribution in [0.3, 0.4) is 0 Å². The molecule has 1 N–H and O–H groups in total. The Bertz CT molecular complexity index is 1070. The molecule has 5 atom stereocenters. The average molecular weight is 479 g/mol. The van der Waals surface area contributed by atoms with E-state index < -0.39 is 30.7 Å². The fourth-order valence-corrected chi connectivity index (χ4v) is 4.36. The third kappa shape index (κ3) is 5.66. The van der Waals surface area contributed by atoms with Crippen LogP contribution in [0.15, 0.2) is 78.9 Å². The number of rotatable bonds is 6.